The maximum atomic E-state index is 11.6. The van der Waals surface area contributed by atoms with E-state index in [0.717, 1.165) is 39.0 Å². The summed E-state index contributed by atoms with van der Waals surface area (Å²) in [7, 11) is 0. The first-order valence-electron chi connectivity index (χ1n) is 11.3. The number of aromatic carboxylic acids is 1. The molecule has 0 radical (unpaired) electrons. The summed E-state index contributed by atoms with van der Waals surface area (Å²) in [6.45, 7) is 2.55. The molecule has 34 heavy (non-hydrogen) atoms. The fourth-order valence-electron chi connectivity index (χ4n) is 4.29. The maximum Gasteiger partial charge on any atom is 0.335 e. The van der Waals surface area contributed by atoms with Crippen molar-refractivity contribution in [2.75, 3.05) is 0 Å². The molecule has 0 saturated heterocycles. The molecule has 0 unspecified atom stereocenters. The molecule has 2 N–H and O–H groups in total. The Morgan fingerprint density at radius 3 is 2.32 bits per heavy atom. The molecule has 5 rings (SSSR count). The minimum absolute atomic E-state index is 0.336. The average Bonchev–Trinajstić information content (AvgIpc) is 3.18. The van der Waals surface area contributed by atoms with Gasteiger partial charge in [0.05, 0.1) is 5.56 Å². The number of aryl methyl sites for hydroxylation is 1. The van der Waals surface area contributed by atoms with Gasteiger partial charge < -0.3 is 14.8 Å². The van der Waals surface area contributed by atoms with Gasteiger partial charge in [-0.3, -0.25) is 0 Å². The lowest BCUT2D eigenvalue weighted by Crippen LogP contribution is -2.03. The molecule has 4 heteroatoms. The summed E-state index contributed by atoms with van der Waals surface area (Å²) in [6, 6.07) is 31.9. The van der Waals surface area contributed by atoms with Crippen LogP contribution >= 0.6 is 0 Å². The van der Waals surface area contributed by atoms with Gasteiger partial charge >= 0.3 is 5.97 Å². The number of carboxylic acids is 1. The van der Waals surface area contributed by atoms with Crippen LogP contribution in [0.15, 0.2) is 97.1 Å². The van der Waals surface area contributed by atoms with Crippen LogP contribution in [0.2, 0.25) is 0 Å². The second-order valence-corrected chi connectivity index (χ2v) is 8.43. The lowest BCUT2D eigenvalue weighted by atomic mass is 10.0. The van der Waals surface area contributed by atoms with E-state index in [2.05, 4.69) is 48.3 Å². The summed E-state index contributed by atoms with van der Waals surface area (Å²) in [4.78, 5) is 15.0. The second-order valence-electron chi connectivity index (χ2n) is 8.43. The van der Waals surface area contributed by atoms with Gasteiger partial charge in [0.15, 0.2) is 0 Å². The van der Waals surface area contributed by atoms with Crippen molar-refractivity contribution in [3.05, 3.63) is 125 Å². The Labute approximate surface area is 198 Å². The molecule has 0 aliphatic rings. The fourth-order valence-corrected chi connectivity index (χ4v) is 4.29. The number of carboxylic acid groups (broad SMARTS) is 1. The van der Waals surface area contributed by atoms with Crippen molar-refractivity contribution >= 4 is 16.9 Å². The fraction of sp³-hybridized carbons (Fsp3) is 0.100. The largest absolute Gasteiger partial charge is 0.489 e. The number of hydrogen-bond donors (Lipinski definition) is 2. The van der Waals surface area contributed by atoms with Crippen molar-refractivity contribution in [2.45, 2.75) is 20.0 Å². The Kier molecular flexibility index (Phi) is 5.88. The van der Waals surface area contributed by atoms with Crippen molar-refractivity contribution in [1.29, 1.82) is 0 Å². The van der Waals surface area contributed by atoms with Gasteiger partial charge in [-0.1, -0.05) is 72.8 Å². The third kappa shape index (κ3) is 4.44. The summed E-state index contributed by atoms with van der Waals surface area (Å²) < 4.78 is 6.09. The maximum absolute atomic E-state index is 11.6. The van der Waals surface area contributed by atoms with E-state index in [0.29, 0.717) is 18.6 Å². The molecule has 4 aromatic carbocycles. The van der Waals surface area contributed by atoms with Crippen LogP contribution in [-0.2, 0) is 13.0 Å². The van der Waals surface area contributed by atoms with Crippen LogP contribution in [0.25, 0.3) is 22.0 Å². The molecule has 0 spiro atoms. The van der Waals surface area contributed by atoms with Crippen LogP contribution in [0.4, 0.5) is 0 Å². The number of H-pyrrole nitrogens is 1. The average molecular weight is 448 g/mol. The zero-order chi connectivity index (χ0) is 23.5. The van der Waals surface area contributed by atoms with E-state index in [1.807, 2.05) is 48.5 Å². The first kappa shape index (κ1) is 21.5. The van der Waals surface area contributed by atoms with E-state index in [1.54, 1.807) is 12.1 Å². The first-order valence-corrected chi connectivity index (χ1v) is 11.3. The van der Waals surface area contributed by atoms with Crippen molar-refractivity contribution in [2.24, 2.45) is 0 Å². The normalized spacial score (nSPS) is 11.0. The molecule has 0 aliphatic heterocycles. The smallest absolute Gasteiger partial charge is 0.335 e. The minimum Gasteiger partial charge on any atom is -0.489 e. The van der Waals surface area contributed by atoms with Crippen LogP contribution in [0, 0.1) is 6.92 Å². The lowest BCUT2D eigenvalue weighted by Gasteiger charge is -2.08. The van der Waals surface area contributed by atoms with Gasteiger partial charge in [-0.15, -0.1) is 0 Å². The summed E-state index contributed by atoms with van der Waals surface area (Å²) in [5.41, 5.74) is 7.75. The van der Waals surface area contributed by atoms with Gasteiger partial charge in [0, 0.05) is 23.0 Å². The standard InChI is InChI=1S/C30H25NO3/c1-20-27-18-25(34-19-21-11-13-23(14-12-21)22-7-3-2-4-8-22)15-16-28(27)31-29(20)17-24-9-5-6-10-26(24)30(32)33/h2-16,18,31H,17,19H2,1H3,(H,32,33). The van der Waals surface area contributed by atoms with E-state index in [1.165, 1.54) is 11.1 Å². The number of aromatic nitrogens is 1. The predicted molar refractivity (Wildman–Crippen MR) is 135 cm³/mol. The van der Waals surface area contributed by atoms with Crippen LogP contribution in [0.1, 0.15) is 32.7 Å². The minimum atomic E-state index is -0.906. The van der Waals surface area contributed by atoms with Crippen molar-refractivity contribution in [3.63, 3.8) is 0 Å². The summed E-state index contributed by atoms with van der Waals surface area (Å²) in [6.07, 6.45) is 0.535. The SMILES string of the molecule is Cc1c(Cc2ccccc2C(=O)O)[nH]c2ccc(OCc3ccc(-c4ccccc4)cc3)cc12. The Bertz CT molecular complexity index is 1450. The second kappa shape index (κ2) is 9.28. The Morgan fingerprint density at radius 2 is 1.56 bits per heavy atom. The Morgan fingerprint density at radius 1 is 0.853 bits per heavy atom. The van der Waals surface area contributed by atoms with Gasteiger partial charge in [0.1, 0.15) is 12.4 Å². The number of ether oxygens (including phenoxy) is 1. The monoisotopic (exact) mass is 447 g/mol. The summed E-state index contributed by atoms with van der Waals surface area (Å²) in [5.74, 6) is -0.101. The molecule has 0 amide bonds. The highest BCUT2D eigenvalue weighted by atomic mass is 16.5. The van der Waals surface area contributed by atoms with E-state index < -0.39 is 5.97 Å². The van der Waals surface area contributed by atoms with Crippen molar-refractivity contribution in [1.82, 2.24) is 4.98 Å². The van der Waals surface area contributed by atoms with Gasteiger partial charge in [-0.25, -0.2) is 4.79 Å². The van der Waals surface area contributed by atoms with E-state index in [4.69, 9.17) is 4.74 Å². The number of carbonyl (C=O) groups is 1. The summed E-state index contributed by atoms with van der Waals surface area (Å²) in [5, 5.41) is 10.6. The number of fused-ring (bicyclic) bond motifs is 1. The van der Waals surface area contributed by atoms with Gasteiger partial charge in [0.25, 0.3) is 0 Å². The highest BCUT2D eigenvalue weighted by Crippen LogP contribution is 2.29. The predicted octanol–water partition coefficient (Wildman–Crippen LogP) is 7.01. The number of benzene rings is 4. The summed E-state index contributed by atoms with van der Waals surface area (Å²) >= 11 is 0. The first-order chi connectivity index (χ1) is 16.6. The van der Waals surface area contributed by atoms with E-state index in [9.17, 15) is 9.90 Å². The molecule has 5 aromatic rings. The molecule has 1 aromatic heterocycles. The zero-order valence-electron chi connectivity index (χ0n) is 18.9. The van der Waals surface area contributed by atoms with Crippen LogP contribution < -0.4 is 4.74 Å². The zero-order valence-corrected chi connectivity index (χ0v) is 18.9. The van der Waals surface area contributed by atoms with E-state index in [-0.39, 0.29) is 0 Å². The molecular weight excluding hydrogens is 422 g/mol. The molecule has 0 fully saturated rings. The number of hydrogen-bond acceptors (Lipinski definition) is 2. The third-order valence-electron chi connectivity index (χ3n) is 6.21. The number of rotatable bonds is 7. The van der Waals surface area contributed by atoms with Gasteiger partial charge in [-0.2, -0.15) is 0 Å². The Balaban J connectivity index is 1.32. The van der Waals surface area contributed by atoms with Gasteiger partial charge in [-0.05, 0) is 59.0 Å². The molecular formula is C30H25NO3. The molecule has 0 bridgehead atoms. The third-order valence-corrected chi connectivity index (χ3v) is 6.21. The van der Waals surface area contributed by atoms with E-state index >= 15 is 0 Å². The Hall–Kier alpha value is -4.31. The number of aromatic amines is 1. The van der Waals surface area contributed by atoms with Crippen LogP contribution in [-0.4, -0.2) is 16.1 Å². The van der Waals surface area contributed by atoms with Crippen LogP contribution in [0.5, 0.6) is 5.75 Å². The van der Waals surface area contributed by atoms with Crippen LogP contribution in [0.3, 0.4) is 0 Å². The number of nitrogens with one attached hydrogen (secondary N) is 1. The molecule has 0 atom stereocenters. The lowest BCUT2D eigenvalue weighted by molar-refractivity contribution is 0.0696. The quantitative estimate of drug-likeness (QED) is 0.282. The molecule has 1 heterocycles. The highest BCUT2D eigenvalue weighted by Gasteiger charge is 2.14. The van der Waals surface area contributed by atoms with Crippen molar-refractivity contribution < 1.29 is 14.6 Å². The highest BCUT2D eigenvalue weighted by molar-refractivity contribution is 5.90. The van der Waals surface area contributed by atoms with Gasteiger partial charge in [0.2, 0.25) is 0 Å². The molecule has 0 saturated carbocycles. The topological polar surface area (TPSA) is 62.3 Å². The molecule has 168 valence electrons. The molecule has 4 nitrogen and oxygen atoms in total. The van der Waals surface area contributed by atoms with Crippen molar-refractivity contribution in [3.8, 4) is 16.9 Å². The molecule has 0 aliphatic carbocycles.